The molecule has 0 aromatic heterocycles. The molecule has 0 N–H and O–H groups in total. The molecule has 0 spiro atoms. The first-order valence-corrected chi connectivity index (χ1v) is 11.2. The third kappa shape index (κ3) is 4.94. The average Bonchev–Trinajstić information content (AvgIpc) is 3.18. The highest BCUT2D eigenvalue weighted by Gasteiger charge is 2.57. The zero-order valence-corrected chi connectivity index (χ0v) is 18.5. The molecule has 0 amide bonds. The van der Waals surface area contributed by atoms with E-state index in [1.807, 2.05) is 0 Å². The van der Waals surface area contributed by atoms with Gasteiger partial charge >= 0.3 is 17.9 Å². The first-order valence-electron chi connectivity index (χ1n) is 11.2. The molecule has 5 rings (SSSR count). The van der Waals surface area contributed by atoms with Gasteiger partial charge in [-0.05, 0) is 36.4 Å². The van der Waals surface area contributed by atoms with Crippen LogP contribution in [0.4, 0.5) is 0 Å². The number of rotatable bonds is 6. The van der Waals surface area contributed by atoms with Gasteiger partial charge in [0, 0.05) is 0 Å². The van der Waals surface area contributed by atoms with E-state index in [9.17, 15) is 14.4 Å². The third-order valence-corrected chi connectivity index (χ3v) is 5.77. The molecule has 3 aromatic rings. The summed E-state index contributed by atoms with van der Waals surface area (Å²) in [5.74, 6) is -1.81. The van der Waals surface area contributed by atoms with Crippen LogP contribution < -0.4 is 0 Å². The number of hydrogen-bond acceptors (Lipinski definition) is 8. The Balaban J connectivity index is 1.38. The van der Waals surface area contributed by atoms with Gasteiger partial charge in [-0.3, -0.25) is 0 Å². The van der Waals surface area contributed by atoms with Gasteiger partial charge in [-0.15, -0.1) is 0 Å². The van der Waals surface area contributed by atoms with E-state index in [4.69, 9.17) is 23.7 Å². The van der Waals surface area contributed by atoms with Crippen LogP contribution in [0.5, 0.6) is 0 Å². The van der Waals surface area contributed by atoms with E-state index in [1.165, 1.54) is 0 Å². The summed E-state index contributed by atoms with van der Waals surface area (Å²) in [6.45, 7) is -0.00726. The largest absolute Gasteiger partial charge is 0.453 e. The summed E-state index contributed by atoms with van der Waals surface area (Å²) < 4.78 is 28.7. The lowest BCUT2D eigenvalue weighted by atomic mass is 10.1. The Hall–Kier alpha value is -4.01. The fraction of sp³-hybridized carbons (Fsp3) is 0.222. The maximum atomic E-state index is 12.9. The summed E-state index contributed by atoms with van der Waals surface area (Å²) in [5.41, 5.74) is 1.01. The summed E-state index contributed by atoms with van der Waals surface area (Å²) >= 11 is 0. The van der Waals surface area contributed by atoms with E-state index in [0.29, 0.717) is 16.7 Å². The highest BCUT2D eigenvalue weighted by atomic mass is 16.8. The van der Waals surface area contributed by atoms with Crippen LogP contribution in [-0.2, 0) is 23.7 Å². The zero-order chi connectivity index (χ0) is 24.2. The number of benzene rings is 3. The maximum absolute atomic E-state index is 12.9. The molecule has 2 saturated heterocycles. The van der Waals surface area contributed by atoms with Crippen molar-refractivity contribution in [3.63, 3.8) is 0 Å². The van der Waals surface area contributed by atoms with Crippen molar-refractivity contribution in [3.05, 3.63) is 108 Å². The smallest absolute Gasteiger partial charge is 0.338 e. The standard InChI is InChI=1S/C27H22O8/c28-24(17-10-4-1-5-11-17)32-20-16-31-27-23(34-26(30)19-14-8-3-9-15-19)22(21(20)35-27)33-25(29)18-12-6-2-7-13-18/h1-15,20-23,27H,16H2/t20-,21+,22+,23-,27+/m1/s1. The summed E-state index contributed by atoms with van der Waals surface area (Å²) in [6, 6.07) is 25.3. The number of carbonyl (C=O) groups is 3. The van der Waals surface area contributed by atoms with Crippen LogP contribution in [0.1, 0.15) is 31.1 Å². The van der Waals surface area contributed by atoms with Gasteiger partial charge in [-0.2, -0.15) is 0 Å². The minimum atomic E-state index is -1.06. The Morgan fingerprint density at radius 1 is 0.600 bits per heavy atom. The van der Waals surface area contributed by atoms with Gasteiger partial charge in [0.25, 0.3) is 0 Å². The van der Waals surface area contributed by atoms with Crippen molar-refractivity contribution < 1.29 is 38.1 Å². The quantitative estimate of drug-likeness (QED) is 0.396. The van der Waals surface area contributed by atoms with Crippen LogP contribution in [0, 0.1) is 0 Å². The molecule has 2 bridgehead atoms. The molecule has 3 aromatic carbocycles. The molecule has 0 radical (unpaired) electrons. The van der Waals surface area contributed by atoms with Crippen molar-refractivity contribution in [2.75, 3.05) is 6.61 Å². The molecule has 0 saturated carbocycles. The lowest BCUT2D eigenvalue weighted by molar-refractivity contribution is -0.233. The molecular weight excluding hydrogens is 452 g/mol. The van der Waals surface area contributed by atoms with Crippen molar-refractivity contribution in [2.45, 2.75) is 30.7 Å². The molecule has 2 fully saturated rings. The van der Waals surface area contributed by atoms with Crippen molar-refractivity contribution in [3.8, 4) is 0 Å². The monoisotopic (exact) mass is 474 g/mol. The molecule has 5 atom stereocenters. The SMILES string of the molecule is O=C(O[C@H]1[C@H]2O[C@H](OC[C@H]2OC(=O)c2ccccc2)[C@@H]1OC(=O)c1ccccc1)c1ccccc1. The second-order valence-electron chi connectivity index (χ2n) is 8.08. The number of ether oxygens (including phenoxy) is 5. The molecular formula is C27H22O8. The van der Waals surface area contributed by atoms with Crippen LogP contribution in [0.2, 0.25) is 0 Å². The summed E-state index contributed by atoms with van der Waals surface area (Å²) in [5, 5.41) is 0. The molecule has 2 heterocycles. The van der Waals surface area contributed by atoms with Gasteiger partial charge < -0.3 is 23.7 Å². The minimum Gasteiger partial charge on any atom is -0.453 e. The van der Waals surface area contributed by atoms with Crippen LogP contribution in [0.3, 0.4) is 0 Å². The van der Waals surface area contributed by atoms with Crippen molar-refractivity contribution >= 4 is 17.9 Å². The number of fused-ring (bicyclic) bond motifs is 2. The van der Waals surface area contributed by atoms with E-state index in [-0.39, 0.29) is 6.61 Å². The molecule has 35 heavy (non-hydrogen) atoms. The van der Waals surface area contributed by atoms with Crippen LogP contribution in [0.25, 0.3) is 0 Å². The van der Waals surface area contributed by atoms with Gasteiger partial charge in [0.05, 0.1) is 23.3 Å². The second-order valence-corrected chi connectivity index (χ2v) is 8.08. The van der Waals surface area contributed by atoms with Gasteiger partial charge in [0.15, 0.2) is 24.6 Å². The molecule has 0 unspecified atom stereocenters. The maximum Gasteiger partial charge on any atom is 0.338 e. The van der Waals surface area contributed by atoms with E-state index in [0.717, 1.165) is 0 Å². The van der Waals surface area contributed by atoms with Crippen LogP contribution >= 0.6 is 0 Å². The Kier molecular flexibility index (Phi) is 6.56. The lowest BCUT2D eigenvalue weighted by Gasteiger charge is -2.29. The Bertz CT molecular complexity index is 1180. The van der Waals surface area contributed by atoms with Gasteiger partial charge in [0.1, 0.15) is 6.10 Å². The Morgan fingerprint density at radius 2 is 1.03 bits per heavy atom. The topological polar surface area (TPSA) is 97.4 Å². The Morgan fingerprint density at radius 3 is 1.51 bits per heavy atom. The van der Waals surface area contributed by atoms with E-state index in [1.54, 1.807) is 91.0 Å². The Labute approximate surface area is 201 Å². The predicted molar refractivity (Wildman–Crippen MR) is 122 cm³/mol. The van der Waals surface area contributed by atoms with Crippen LogP contribution in [0.15, 0.2) is 91.0 Å². The molecule has 2 aliphatic rings. The molecule has 178 valence electrons. The van der Waals surface area contributed by atoms with E-state index < -0.39 is 48.6 Å². The van der Waals surface area contributed by atoms with Crippen molar-refractivity contribution in [1.29, 1.82) is 0 Å². The third-order valence-electron chi connectivity index (χ3n) is 5.77. The minimum absolute atomic E-state index is 0.00726. The van der Waals surface area contributed by atoms with Crippen LogP contribution in [-0.4, -0.2) is 55.2 Å². The second kappa shape index (κ2) is 10.1. The zero-order valence-electron chi connectivity index (χ0n) is 18.5. The number of esters is 3. The summed E-state index contributed by atoms with van der Waals surface area (Å²) in [7, 11) is 0. The molecule has 8 heteroatoms. The predicted octanol–water partition coefficient (Wildman–Crippen LogP) is 3.42. The normalized spacial score (nSPS) is 24.9. The van der Waals surface area contributed by atoms with E-state index in [2.05, 4.69) is 0 Å². The summed E-state index contributed by atoms with van der Waals surface area (Å²) in [4.78, 5) is 38.3. The highest BCUT2D eigenvalue weighted by Crippen LogP contribution is 2.36. The van der Waals surface area contributed by atoms with Crippen molar-refractivity contribution in [1.82, 2.24) is 0 Å². The van der Waals surface area contributed by atoms with Gasteiger partial charge in [0.2, 0.25) is 0 Å². The average molecular weight is 474 g/mol. The molecule has 0 aliphatic carbocycles. The van der Waals surface area contributed by atoms with E-state index >= 15 is 0 Å². The fourth-order valence-corrected chi connectivity index (χ4v) is 4.04. The van der Waals surface area contributed by atoms with Gasteiger partial charge in [-0.1, -0.05) is 54.6 Å². The number of hydrogen-bond donors (Lipinski definition) is 0. The number of carbonyl (C=O) groups excluding carboxylic acids is 3. The fourth-order valence-electron chi connectivity index (χ4n) is 4.04. The first-order chi connectivity index (χ1) is 17.1. The summed E-state index contributed by atoms with van der Waals surface area (Å²) in [6.07, 6.45) is -4.86. The lowest BCUT2D eigenvalue weighted by Crippen LogP contribution is -2.46. The first kappa shape index (κ1) is 22.8. The molecule has 2 aliphatic heterocycles. The highest BCUT2D eigenvalue weighted by molar-refractivity contribution is 5.91. The van der Waals surface area contributed by atoms with Crippen molar-refractivity contribution in [2.24, 2.45) is 0 Å². The molecule has 8 nitrogen and oxygen atoms in total. The van der Waals surface area contributed by atoms with Gasteiger partial charge in [-0.25, -0.2) is 14.4 Å².